The molecule has 1 aromatic rings. The van der Waals surface area contributed by atoms with Crippen LogP contribution in [-0.2, 0) is 24.2 Å². The van der Waals surface area contributed by atoms with Crippen LogP contribution in [0.15, 0.2) is 0 Å². The molecular formula is C12H20N4O2. The van der Waals surface area contributed by atoms with Crippen molar-refractivity contribution in [3.8, 4) is 0 Å². The van der Waals surface area contributed by atoms with E-state index in [1.165, 1.54) is 12.8 Å². The summed E-state index contributed by atoms with van der Waals surface area (Å²) in [6.45, 7) is 4.14. The lowest BCUT2D eigenvalue weighted by atomic mass is 10.1. The van der Waals surface area contributed by atoms with Crippen LogP contribution in [0.2, 0.25) is 0 Å². The van der Waals surface area contributed by atoms with Gasteiger partial charge in [0.15, 0.2) is 0 Å². The first-order valence-corrected chi connectivity index (χ1v) is 6.72. The zero-order valence-electron chi connectivity index (χ0n) is 10.6. The number of aliphatic hydroxyl groups excluding tert-OH is 1. The molecule has 3 heterocycles. The van der Waals surface area contributed by atoms with Gasteiger partial charge in [0.1, 0.15) is 11.6 Å². The van der Waals surface area contributed by atoms with E-state index in [9.17, 15) is 5.11 Å². The Morgan fingerprint density at radius 2 is 2.22 bits per heavy atom. The van der Waals surface area contributed by atoms with Crippen LogP contribution < -0.4 is 0 Å². The minimum atomic E-state index is 0.0929. The lowest BCUT2D eigenvalue weighted by Gasteiger charge is -2.34. The maximum Gasteiger partial charge on any atom is 0.147 e. The molecule has 0 bridgehead atoms. The largest absolute Gasteiger partial charge is 0.395 e. The van der Waals surface area contributed by atoms with Crippen molar-refractivity contribution in [1.82, 2.24) is 19.7 Å². The van der Waals surface area contributed by atoms with Gasteiger partial charge in [-0.3, -0.25) is 4.90 Å². The van der Waals surface area contributed by atoms with Gasteiger partial charge in [0.05, 0.1) is 32.4 Å². The fraction of sp³-hybridized carbons (Fsp3) is 0.833. The Kier molecular flexibility index (Phi) is 3.58. The van der Waals surface area contributed by atoms with Crippen LogP contribution in [0.1, 0.15) is 24.5 Å². The zero-order chi connectivity index (χ0) is 12.4. The first kappa shape index (κ1) is 12.1. The number of hydrogen-bond donors (Lipinski definition) is 1. The summed E-state index contributed by atoms with van der Waals surface area (Å²) in [5.74, 6) is 2.15. The van der Waals surface area contributed by atoms with E-state index in [1.807, 2.05) is 0 Å². The number of ether oxygens (including phenoxy) is 1. The molecule has 18 heavy (non-hydrogen) atoms. The summed E-state index contributed by atoms with van der Waals surface area (Å²) in [5, 5.41) is 17.9. The molecule has 1 unspecified atom stereocenters. The second-order valence-corrected chi connectivity index (χ2v) is 5.02. The maximum atomic E-state index is 9.36. The van der Waals surface area contributed by atoms with Gasteiger partial charge in [0.2, 0.25) is 0 Å². The van der Waals surface area contributed by atoms with Crippen molar-refractivity contribution in [2.24, 2.45) is 0 Å². The molecule has 0 saturated carbocycles. The predicted octanol–water partition coefficient (Wildman–Crippen LogP) is -0.192. The van der Waals surface area contributed by atoms with Crippen molar-refractivity contribution < 1.29 is 9.84 Å². The number of fused-ring (bicyclic) bond motifs is 1. The summed E-state index contributed by atoms with van der Waals surface area (Å²) < 4.78 is 7.63. The van der Waals surface area contributed by atoms with Crippen LogP contribution in [0.3, 0.4) is 0 Å². The summed E-state index contributed by atoms with van der Waals surface area (Å²) in [5.41, 5.74) is 0. The first-order chi connectivity index (χ1) is 8.88. The Morgan fingerprint density at radius 3 is 3.11 bits per heavy atom. The molecule has 3 rings (SSSR count). The average molecular weight is 252 g/mol. The first-order valence-electron chi connectivity index (χ1n) is 6.72. The van der Waals surface area contributed by atoms with Crippen molar-refractivity contribution in [1.29, 1.82) is 0 Å². The summed E-state index contributed by atoms with van der Waals surface area (Å²) in [6.07, 6.45) is 3.47. The highest BCUT2D eigenvalue weighted by molar-refractivity contribution is 4.99. The van der Waals surface area contributed by atoms with Crippen molar-refractivity contribution >= 4 is 0 Å². The highest BCUT2D eigenvalue weighted by Crippen LogP contribution is 2.17. The SMILES string of the molecule is OCC1COCCN1Cc1nnc2n1CCCC2. The molecule has 0 aliphatic carbocycles. The maximum absolute atomic E-state index is 9.36. The van der Waals surface area contributed by atoms with E-state index in [0.29, 0.717) is 6.61 Å². The van der Waals surface area contributed by atoms with Gasteiger partial charge in [-0.15, -0.1) is 10.2 Å². The molecule has 1 fully saturated rings. The molecule has 100 valence electrons. The molecule has 1 saturated heterocycles. The van der Waals surface area contributed by atoms with Gasteiger partial charge in [0.25, 0.3) is 0 Å². The van der Waals surface area contributed by atoms with Crippen LogP contribution in [0.25, 0.3) is 0 Å². The van der Waals surface area contributed by atoms with E-state index in [2.05, 4.69) is 19.7 Å². The zero-order valence-corrected chi connectivity index (χ0v) is 10.6. The van der Waals surface area contributed by atoms with Crippen LogP contribution in [-0.4, -0.2) is 57.2 Å². The lowest BCUT2D eigenvalue weighted by molar-refractivity contribution is -0.0327. The van der Waals surface area contributed by atoms with E-state index in [-0.39, 0.29) is 12.6 Å². The molecule has 0 aromatic carbocycles. The molecule has 0 radical (unpaired) electrons. The second kappa shape index (κ2) is 5.34. The van der Waals surface area contributed by atoms with Crippen molar-refractivity contribution in [3.05, 3.63) is 11.6 Å². The highest BCUT2D eigenvalue weighted by Gasteiger charge is 2.25. The van der Waals surface area contributed by atoms with Gasteiger partial charge in [-0.1, -0.05) is 0 Å². The standard InChI is InChI=1S/C12H20N4O2/c17-8-10-9-18-6-5-15(10)7-12-14-13-11-3-1-2-4-16(11)12/h10,17H,1-9H2. The molecular weight excluding hydrogens is 232 g/mol. The highest BCUT2D eigenvalue weighted by atomic mass is 16.5. The van der Waals surface area contributed by atoms with Gasteiger partial charge < -0.3 is 14.4 Å². The predicted molar refractivity (Wildman–Crippen MR) is 65.1 cm³/mol. The Hall–Kier alpha value is -0.980. The quantitative estimate of drug-likeness (QED) is 0.807. The van der Waals surface area contributed by atoms with E-state index < -0.39 is 0 Å². The molecule has 0 amide bonds. The van der Waals surface area contributed by atoms with Crippen LogP contribution in [0, 0.1) is 0 Å². The summed E-state index contributed by atoms with van der Waals surface area (Å²) in [7, 11) is 0. The second-order valence-electron chi connectivity index (χ2n) is 5.02. The summed E-state index contributed by atoms with van der Waals surface area (Å²) in [4.78, 5) is 2.25. The van der Waals surface area contributed by atoms with Gasteiger partial charge in [-0.05, 0) is 12.8 Å². The number of aryl methyl sites for hydroxylation is 1. The van der Waals surface area contributed by atoms with E-state index in [0.717, 1.165) is 44.3 Å². The van der Waals surface area contributed by atoms with Crippen LogP contribution in [0.5, 0.6) is 0 Å². The number of morpholine rings is 1. The number of aliphatic hydroxyl groups is 1. The molecule has 1 N–H and O–H groups in total. The third-order valence-electron chi connectivity index (χ3n) is 3.84. The molecule has 1 aromatic heterocycles. The van der Waals surface area contributed by atoms with Crippen molar-refractivity contribution in [2.45, 2.75) is 38.4 Å². The molecule has 1 atom stereocenters. The van der Waals surface area contributed by atoms with Crippen molar-refractivity contribution in [3.63, 3.8) is 0 Å². The molecule has 6 nitrogen and oxygen atoms in total. The fourth-order valence-corrected chi connectivity index (χ4v) is 2.73. The third kappa shape index (κ3) is 2.28. The number of hydrogen-bond acceptors (Lipinski definition) is 5. The smallest absolute Gasteiger partial charge is 0.147 e. The minimum absolute atomic E-state index is 0.0929. The molecule has 2 aliphatic rings. The normalized spacial score (nSPS) is 25.1. The summed E-state index contributed by atoms with van der Waals surface area (Å²) in [6, 6.07) is 0.0929. The van der Waals surface area contributed by atoms with E-state index in [4.69, 9.17) is 4.74 Å². The molecule has 6 heteroatoms. The third-order valence-corrected chi connectivity index (χ3v) is 3.84. The number of nitrogens with zero attached hydrogens (tertiary/aromatic N) is 4. The van der Waals surface area contributed by atoms with Gasteiger partial charge >= 0.3 is 0 Å². The van der Waals surface area contributed by atoms with Crippen LogP contribution in [0.4, 0.5) is 0 Å². The molecule has 0 spiro atoms. The minimum Gasteiger partial charge on any atom is -0.395 e. The molecule has 2 aliphatic heterocycles. The number of aromatic nitrogens is 3. The Balaban J connectivity index is 1.73. The van der Waals surface area contributed by atoms with E-state index >= 15 is 0 Å². The van der Waals surface area contributed by atoms with Gasteiger partial charge in [0, 0.05) is 19.5 Å². The van der Waals surface area contributed by atoms with Crippen LogP contribution >= 0.6 is 0 Å². The van der Waals surface area contributed by atoms with Gasteiger partial charge in [-0.25, -0.2) is 0 Å². The van der Waals surface area contributed by atoms with Gasteiger partial charge in [-0.2, -0.15) is 0 Å². The fourth-order valence-electron chi connectivity index (χ4n) is 2.73. The Bertz CT molecular complexity index is 407. The van der Waals surface area contributed by atoms with E-state index in [1.54, 1.807) is 0 Å². The number of rotatable bonds is 3. The van der Waals surface area contributed by atoms with Crippen molar-refractivity contribution in [2.75, 3.05) is 26.4 Å². The Labute approximate surface area is 107 Å². The monoisotopic (exact) mass is 252 g/mol. The topological polar surface area (TPSA) is 63.4 Å². The average Bonchev–Trinajstić information content (AvgIpc) is 2.83. The lowest BCUT2D eigenvalue weighted by Crippen LogP contribution is -2.47. The summed E-state index contributed by atoms with van der Waals surface area (Å²) >= 11 is 0. The Morgan fingerprint density at radius 1 is 1.28 bits per heavy atom.